The molecule has 1 N–H and O–H groups in total. The fourth-order valence-electron chi connectivity index (χ4n) is 2.78. The third kappa shape index (κ3) is 3.43. The summed E-state index contributed by atoms with van der Waals surface area (Å²) >= 11 is 0. The van der Waals surface area contributed by atoms with Crippen LogP contribution in [0, 0.1) is 6.92 Å². The minimum Gasteiger partial charge on any atom is -0.464 e. The van der Waals surface area contributed by atoms with Crippen molar-refractivity contribution in [2.75, 3.05) is 19.7 Å². The summed E-state index contributed by atoms with van der Waals surface area (Å²) in [5.74, 6) is 2.33. The Hall–Kier alpha value is -2.35. The minimum atomic E-state index is -0.256. The second-order valence-corrected chi connectivity index (χ2v) is 5.90. The molecule has 2 aromatic heterocycles. The molecule has 24 heavy (non-hydrogen) atoms. The van der Waals surface area contributed by atoms with E-state index in [4.69, 9.17) is 9.15 Å². The van der Waals surface area contributed by atoms with E-state index in [1.54, 1.807) is 11.2 Å². The molecule has 1 aliphatic heterocycles. The summed E-state index contributed by atoms with van der Waals surface area (Å²) in [6.45, 7) is 8.05. The summed E-state index contributed by atoms with van der Waals surface area (Å²) in [5, 5.41) is 11.0. The van der Waals surface area contributed by atoms with Crippen LogP contribution in [0.25, 0.3) is 0 Å². The smallest absolute Gasteiger partial charge is 0.318 e. The minimum absolute atomic E-state index is 0.132. The zero-order valence-electron chi connectivity index (χ0n) is 14.2. The third-order valence-electron chi connectivity index (χ3n) is 4.16. The number of rotatable bonds is 4. The first kappa shape index (κ1) is 16.5. The number of aryl methyl sites for hydroxylation is 2. The highest BCUT2D eigenvalue weighted by molar-refractivity contribution is 5.74. The molecular formula is C16H23N5O3. The Bertz CT molecular complexity index is 695. The maximum absolute atomic E-state index is 12.5. The zero-order valence-corrected chi connectivity index (χ0v) is 14.2. The number of carbonyl (C=O) groups is 1. The van der Waals surface area contributed by atoms with E-state index >= 15 is 0 Å². The summed E-state index contributed by atoms with van der Waals surface area (Å²) < 4.78 is 13.3. The predicted octanol–water partition coefficient (Wildman–Crippen LogP) is 2.04. The first-order chi connectivity index (χ1) is 11.6. The lowest BCUT2D eigenvalue weighted by Crippen LogP contribution is -2.48. The van der Waals surface area contributed by atoms with E-state index in [1.807, 2.05) is 37.5 Å². The second kappa shape index (κ2) is 7.04. The average molecular weight is 333 g/mol. The molecule has 3 rings (SSSR count). The van der Waals surface area contributed by atoms with Crippen LogP contribution in [0.15, 0.2) is 22.9 Å². The Morgan fingerprint density at radius 3 is 3.04 bits per heavy atom. The number of nitrogens with one attached hydrogen (secondary N) is 1. The number of nitrogens with zero attached hydrogens (tertiary/aromatic N) is 4. The number of ether oxygens (including phenoxy) is 1. The highest BCUT2D eigenvalue weighted by atomic mass is 16.5. The molecule has 1 fully saturated rings. The molecule has 3 heterocycles. The van der Waals surface area contributed by atoms with E-state index < -0.39 is 0 Å². The molecule has 0 aliphatic carbocycles. The van der Waals surface area contributed by atoms with Gasteiger partial charge in [-0.1, -0.05) is 0 Å². The van der Waals surface area contributed by atoms with Gasteiger partial charge < -0.3 is 23.9 Å². The molecule has 2 atom stereocenters. The van der Waals surface area contributed by atoms with E-state index in [1.165, 1.54) is 0 Å². The van der Waals surface area contributed by atoms with Crippen LogP contribution < -0.4 is 5.32 Å². The molecule has 2 aromatic rings. The highest BCUT2D eigenvalue weighted by Gasteiger charge is 2.29. The van der Waals surface area contributed by atoms with Gasteiger partial charge in [0, 0.05) is 13.1 Å². The maximum Gasteiger partial charge on any atom is 0.318 e. The van der Waals surface area contributed by atoms with Crippen molar-refractivity contribution in [1.82, 2.24) is 25.0 Å². The summed E-state index contributed by atoms with van der Waals surface area (Å²) in [4.78, 5) is 14.3. The molecule has 0 spiro atoms. The van der Waals surface area contributed by atoms with E-state index in [-0.39, 0.29) is 18.2 Å². The topological polar surface area (TPSA) is 85.4 Å². The number of urea groups is 1. The molecule has 1 aliphatic rings. The van der Waals surface area contributed by atoms with Crippen LogP contribution in [0.4, 0.5) is 4.79 Å². The van der Waals surface area contributed by atoms with Gasteiger partial charge in [-0.25, -0.2) is 4.79 Å². The Morgan fingerprint density at radius 1 is 1.50 bits per heavy atom. The molecule has 8 heteroatoms. The van der Waals surface area contributed by atoms with Gasteiger partial charge in [-0.15, -0.1) is 10.2 Å². The van der Waals surface area contributed by atoms with Crippen LogP contribution in [-0.4, -0.2) is 45.4 Å². The predicted molar refractivity (Wildman–Crippen MR) is 86.4 cm³/mol. The Morgan fingerprint density at radius 2 is 2.33 bits per heavy atom. The number of carbonyl (C=O) groups excluding carboxylic acids is 1. The Kier molecular flexibility index (Phi) is 4.84. The first-order valence-electron chi connectivity index (χ1n) is 8.19. The van der Waals surface area contributed by atoms with E-state index in [9.17, 15) is 4.79 Å². The zero-order chi connectivity index (χ0) is 17.1. The average Bonchev–Trinajstić information content (AvgIpc) is 3.23. The summed E-state index contributed by atoms with van der Waals surface area (Å²) in [6.07, 6.45) is 1.42. The molecule has 0 aromatic carbocycles. The van der Waals surface area contributed by atoms with Crippen molar-refractivity contribution in [1.29, 1.82) is 0 Å². The van der Waals surface area contributed by atoms with Crippen molar-refractivity contribution >= 4 is 6.03 Å². The lowest BCUT2D eigenvalue weighted by molar-refractivity contribution is -0.0221. The van der Waals surface area contributed by atoms with Crippen LogP contribution in [0.3, 0.4) is 0 Å². The van der Waals surface area contributed by atoms with Crippen molar-refractivity contribution in [2.45, 2.75) is 39.5 Å². The number of morpholine rings is 1. The van der Waals surface area contributed by atoms with Crippen LogP contribution in [0.1, 0.15) is 43.3 Å². The molecule has 0 unspecified atom stereocenters. The van der Waals surface area contributed by atoms with Gasteiger partial charge in [0.05, 0.1) is 19.2 Å². The number of hydrogen-bond acceptors (Lipinski definition) is 5. The maximum atomic E-state index is 12.5. The van der Waals surface area contributed by atoms with Crippen molar-refractivity contribution in [2.24, 2.45) is 0 Å². The molecule has 0 saturated carbocycles. The molecule has 0 radical (unpaired) electrons. The fourth-order valence-corrected chi connectivity index (χ4v) is 2.78. The number of aromatic nitrogens is 3. The largest absolute Gasteiger partial charge is 0.464 e. The van der Waals surface area contributed by atoms with Gasteiger partial charge in [-0.2, -0.15) is 0 Å². The van der Waals surface area contributed by atoms with Crippen molar-refractivity contribution < 1.29 is 13.9 Å². The number of furan rings is 1. The fraction of sp³-hybridized carbons (Fsp3) is 0.562. The first-order valence-corrected chi connectivity index (χ1v) is 8.19. The van der Waals surface area contributed by atoms with Crippen molar-refractivity contribution in [3.63, 3.8) is 0 Å². The summed E-state index contributed by atoms with van der Waals surface area (Å²) in [7, 11) is 0. The molecule has 8 nitrogen and oxygen atoms in total. The Balaban J connectivity index is 1.63. The molecular weight excluding hydrogens is 310 g/mol. The highest BCUT2D eigenvalue weighted by Crippen LogP contribution is 2.21. The molecule has 0 bridgehead atoms. The quantitative estimate of drug-likeness (QED) is 0.925. The molecule has 130 valence electrons. The van der Waals surface area contributed by atoms with E-state index in [0.29, 0.717) is 19.7 Å². The third-order valence-corrected chi connectivity index (χ3v) is 4.16. The van der Waals surface area contributed by atoms with E-state index in [0.717, 1.165) is 23.9 Å². The number of hydrogen-bond donors (Lipinski definition) is 1. The van der Waals surface area contributed by atoms with Gasteiger partial charge in [0.15, 0.2) is 5.82 Å². The summed E-state index contributed by atoms with van der Waals surface area (Å²) in [6, 6.07) is 3.45. The van der Waals surface area contributed by atoms with Crippen LogP contribution in [0.2, 0.25) is 0 Å². The van der Waals surface area contributed by atoms with Gasteiger partial charge in [-0.3, -0.25) is 0 Å². The van der Waals surface area contributed by atoms with E-state index in [2.05, 4.69) is 15.5 Å². The Labute approximate surface area is 140 Å². The van der Waals surface area contributed by atoms with Gasteiger partial charge in [-0.05, 0) is 32.9 Å². The molecule has 1 saturated heterocycles. The SMILES string of the molecule is CCn1cnnc1[C@@H]1CN(C(=O)N[C@@H](C)c2ccc(C)o2)CCO1. The lowest BCUT2D eigenvalue weighted by atomic mass is 10.2. The van der Waals surface area contributed by atoms with Crippen molar-refractivity contribution in [3.8, 4) is 0 Å². The van der Waals surface area contributed by atoms with Crippen LogP contribution >= 0.6 is 0 Å². The standard InChI is InChI=1S/C16H23N5O3/c1-4-20-10-17-19-15(20)14-9-21(7-8-23-14)16(22)18-12(3)13-6-5-11(2)24-13/h5-6,10,12,14H,4,7-9H2,1-3H3,(H,18,22)/t12-,14-/m0/s1. The van der Waals surface area contributed by atoms with Gasteiger partial charge in [0.25, 0.3) is 0 Å². The van der Waals surface area contributed by atoms with Gasteiger partial charge >= 0.3 is 6.03 Å². The molecule has 2 amide bonds. The lowest BCUT2D eigenvalue weighted by Gasteiger charge is -2.33. The van der Waals surface area contributed by atoms with Gasteiger partial charge in [0.1, 0.15) is 24.0 Å². The van der Waals surface area contributed by atoms with Crippen LogP contribution in [-0.2, 0) is 11.3 Å². The number of amides is 2. The monoisotopic (exact) mass is 333 g/mol. The van der Waals surface area contributed by atoms with Crippen LogP contribution in [0.5, 0.6) is 0 Å². The second-order valence-electron chi connectivity index (χ2n) is 5.90. The van der Waals surface area contributed by atoms with Gasteiger partial charge in [0.2, 0.25) is 0 Å². The normalized spacial score (nSPS) is 19.3. The van der Waals surface area contributed by atoms with Crippen molar-refractivity contribution in [3.05, 3.63) is 35.8 Å². The summed E-state index contributed by atoms with van der Waals surface area (Å²) in [5.41, 5.74) is 0.